The molecule has 0 aliphatic rings. The lowest BCUT2D eigenvalue weighted by Gasteiger charge is -2.38. The maximum atomic E-state index is 14.2. The molecule has 7 nitrogen and oxygen atoms in total. The molecule has 0 aliphatic carbocycles. The van der Waals surface area contributed by atoms with Gasteiger partial charge in [0.05, 0.1) is 23.9 Å². The number of aromatic nitrogens is 3. The Labute approximate surface area is 213 Å². The average molecular weight is 513 g/mol. The van der Waals surface area contributed by atoms with Crippen LogP contribution in [0.2, 0.25) is 10.0 Å². The van der Waals surface area contributed by atoms with Crippen LogP contribution >= 0.6 is 23.2 Å². The van der Waals surface area contributed by atoms with Gasteiger partial charge in [-0.25, -0.2) is 9.67 Å². The molecule has 0 saturated carbocycles. The van der Waals surface area contributed by atoms with Gasteiger partial charge in [-0.2, -0.15) is 5.10 Å². The summed E-state index contributed by atoms with van der Waals surface area (Å²) < 4.78 is 6.87. The van der Waals surface area contributed by atoms with E-state index in [4.69, 9.17) is 27.9 Å². The molecule has 0 saturated heterocycles. The van der Waals surface area contributed by atoms with E-state index in [1.165, 1.54) is 22.2 Å². The van der Waals surface area contributed by atoms with Crippen LogP contribution in [-0.2, 0) is 10.4 Å². The molecule has 2 atom stereocenters. The van der Waals surface area contributed by atoms with E-state index in [-0.39, 0.29) is 0 Å². The van der Waals surface area contributed by atoms with Crippen molar-refractivity contribution in [2.24, 2.45) is 0 Å². The van der Waals surface area contributed by atoms with Gasteiger partial charge in [-0.15, -0.1) is 0 Å². The van der Waals surface area contributed by atoms with Gasteiger partial charge in [-0.3, -0.25) is 4.79 Å². The molecule has 0 spiro atoms. The first-order valence-electron chi connectivity index (χ1n) is 11.2. The van der Waals surface area contributed by atoms with E-state index >= 15 is 0 Å². The zero-order chi connectivity index (χ0) is 25.2. The summed E-state index contributed by atoms with van der Waals surface area (Å²) >= 11 is 12.5. The Hall–Kier alpha value is -3.13. The number of rotatable bonds is 8. The van der Waals surface area contributed by atoms with Crippen LogP contribution in [0.4, 0.5) is 5.69 Å². The molecule has 0 fully saturated rings. The van der Waals surface area contributed by atoms with Crippen molar-refractivity contribution in [3.63, 3.8) is 0 Å². The molecule has 2 unspecified atom stereocenters. The lowest BCUT2D eigenvalue weighted by atomic mass is 9.81. The minimum Gasteiger partial charge on any atom is -0.497 e. The number of carbonyl (C=O) groups excluding carboxylic acids is 1. The summed E-state index contributed by atoms with van der Waals surface area (Å²) in [5.41, 5.74) is -1.11. The fourth-order valence-electron chi connectivity index (χ4n) is 4.35. The number of hydrogen-bond donors (Lipinski definition) is 1. The number of carbonyl (C=O) groups is 1. The van der Waals surface area contributed by atoms with Gasteiger partial charge in [0.25, 0.3) is 5.91 Å². The van der Waals surface area contributed by atoms with Crippen LogP contribution in [0, 0.1) is 0 Å². The topological polar surface area (TPSA) is 80.5 Å². The van der Waals surface area contributed by atoms with Gasteiger partial charge >= 0.3 is 0 Å². The number of nitrogens with zero attached hydrogens (tertiary/aromatic N) is 4. The Bertz CT molecular complexity index is 1350. The number of methoxy groups -OCH3 is 1. The summed E-state index contributed by atoms with van der Waals surface area (Å²) in [6.07, 6.45) is 4.09. The van der Waals surface area contributed by atoms with Crippen LogP contribution in [0.25, 0.3) is 10.8 Å². The molecule has 0 radical (unpaired) electrons. The van der Waals surface area contributed by atoms with E-state index in [1.807, 2.05) is 37.3 Å². The van der Waals surface area contributed by atoms with E-state index in [0.717, 1.165) is 16.5 Å². The molecule has 1 N–H and O–H groups in total. The fraction of sp³-hybridized carbons (Fsp3) is 0.269. The Kier molecular flexibility index (Phi) is 7.31. The van der Waals surface area contributed by atoms with Crippen molar-refractivity contribution in [2.75, 3.05) is 19.1 Å². The highest BCUT2D eigenvalue weighted by Gasteiger charge is 2.49. The monoisotopic (exact) mass is 512 g/mol. The largest absolute Gasteiger partial charge is 0.497 e. The Morgan fingerprint density at radius 3 is 2.54 bits per heavy atom. The van der Waals surface area contributed by atoms with E-state index in [2.05, 4.69) is 10.1 Å². The van der Waals surface area contributed by atoms with Crippen molar-refractivity contribution in [1.82, 2.24) is 14.8 Å². The molecule has 35 heavy (non-hydrogen) atoms. The highest BCUT2D eigenvalue weighted by molar-refractivity contribution is 6.36. The summed E-state index contributed by atoms with van der Waals surface area (Å²) in [5, 5.41) is 19.2. The van der Waals surface area contributed by atoms with E-state index < -0.39 is 17.6 Å². The van der Waals surface area contributed by atoms with Crippen molar-refractivity contribution in [2.45, 2.75) is 31.4 Å². The molecule has 1 heterocycles. The quantitative estimate of drug-likeness (QED) is 0.330. The minimum atomic E-state index is -1.98. The molecule has 0 aliphatic heterocycles. The molecule has 3 aromatic carbocycles. The third kappa shape index (κ3) is 4.72. The normalized spacial score (nSPS) is 13.9. The van der Waals surface area contributed by atoms with Gasteiger partial charge in [0.1, 0.15) is 18.4 Å². The van der Waals surface area contributed by atoms with Crippen LogP contribution in [-0.4, -0.2) is 39.9 Å². The fourth-order valence-corrected chi connectivity index (χ4v) is 4.88. The predicted octanol–water partition coefficient (Wildman–Crippen LogP) is 5.64. The molecule has 9 heteroatoms. The lowest BCUT2D eigenvalue weighted by Crippen LogP contribution is -2.51. The van der Waals surface area contributed by atoms with Crippen LogP contribution in [0.5, 0.6) is 5.75 Å². The van der Waals surface area contributed by atoms with Crippen molar-refractivity contribution in [3.05, 3.63) is 82.9 Å². The summed E-state index contributed by atoms with van der Waals surface area (Å²) in [5.74, 6) is 0.170. The molecular weight excluding hydrogens is 487 g/mol. The lowest BCUT2D eigenvalue weighted by molar-refractivity contribution is -0.144. The standard InChI is InChI=1S/C26H26Cl2N4O3/c1-4-5-24(32-16-29-15-30-32)26(34,25(33)31(2)23-11-9-20(27)14-22(23)28)19-8-6-18-13-21(35-3)10-7-17(18)12-19/h6-16,24,34H,4-5H2,1-3H3. The summed E-state index contributed by atoms with van der Waals surface area (Å²) in [4.78, 5) is 19.6. The Balaban J connectivity index is 1.89. The third-order valence-corrected chi connectivity index (χ3v) is 6.73. The van der Waals surface area contributed by atoms with Crippen molar-refractivity contribution in [1.29, 1.82) is 0 Å². The van der Waals surface area contributed by atoms with Gasteiger partial charge in [0.2, 0.25) is 0 Å². The highest BCUT2D eigenvalue weighted by Crippen LogP contribution is 2.41. The number of amides is 1. The van der Waals surface area contributed by atoms with Gasteiger partial charge in [0, 0.05) is 12.1 Å². The van der Waals surface area contributed by atoms with Crippen molar-refractivity contribution < 1.29 is 14.6 Å². The number of anilines is 1. The van der Waals surface area contributed by atoms with Crippen LogP contribution in [0.1, 0.15) is 31.4 Å². The first kappa shape index (κ1) is 25.0. The molecule has 0 bridgehead atoms. The van der Waals surface area contributed by atoms with E-state index in [9.17, 15) is 9.90 Å². The number of aliphatic hydroxyl groups is 1. The van der Waals surface area contributed by atoms with E-state index in [0.29, 0.717) is 34.1 Å². The zero-order valence-electron chi connectivity index (χ0n) is 19.7. The van der Waals surface area contributed by atoms with Gasteiger partial charge in [-0.05, 0) is 59.2 Å². The number of benzene rings is 3. The maximum absolute atomic E-state index is 14.2. The van der Waals surface area contributed by atoms with Gasteiger partial charge in [-0.1, -0.05) is 54.7 Å². The second kappa shape index (κ2) is 10.2. The van der Waals surface area contributed by atoms with Crippen molar-refractivity contribution in [3.8, 4) is 5.75 Å². The van der Waals surface area contributed by atoms with Crippen LogP contribution in [0.3, 0.4) is 0 Å². The SMILES string of the molecule is CCCC(n1cncn1)C(O)(C(=O)N(C)c1ccc(Cl)cc1Cl)c1ccc2cc(OC)ccc2c1. The molecule has 4 rings (SSSR count). The molecule has 1 aromatic heterocycles. The average Bonchev–Trinajstić information content (AvgIpc) is 3.40. The number of likely N-dealkylation sites (N-methyl/N-ethyl adjacent to an activating group) is 1. The number of hydrogen-bond acceptors (Lipinski definition) is 5. The summed E-state index contributed by atoms with van der Waals surface area (Å²) in [6.45, 7) is 1.99. The maximum Gasteiger partial charge on any atom is 0.265 e. The highest BCUT2D eigenvalue weighted by atomic mass is 35.5. The van der Waals surface area contributed by atoms with Gasteiger partial charge in [0.15, 0.2) is 5.60 Å². The second-order valence-corrected chi connectivity index (χ2v) is 9.18. The van der Waals surface area contributed by atoms with Crippen LogP contribution < -0.4 is 9.64 Å². The number of ether oxygens (including phenoxy) is 1. The first-order valence-corrected chi connectivity index (χ1v) is 11.9. The number of fused-ring (bicyclic) bond motifs is 1. The Morgan fingerprint density at radius 1 is 1.14 bits per heavy atom. The summed E-state index contributed by atoms with van der Waals surface area (Å²) in [7, 11) is 3.19. The minimum absolute atomic E-state index is 0.300. The van der Waals surface area contributed by atoms with E-state index in [1.54, 1.807) is 38.4 Å². The van der Waals surface area contributed by atoms with Crippen molar-refractivity contribution >= 4 is 45.6 Å². The third-order valence-electron chi connectivity index (χ3n) is 6.19. The molecule has 1 amide bonds. The van der Waals surface area contributed by atoms with Gasteiger partial charge < -0.3 is 14.7 Å². The summed E-state index contributed by atoms with van der Waals surface area (Å²) in [6, 6.07) is 15.2. The zero-order valence-corrected chi connectivity index (χ0v) is 21.2. The second-order valence-electron chi connectivity index (χ2n) is 8.33. The molecule has 182 valence electrons. The molecule has 4 aromatic rings. The Morgan fingerprint density at radius 2 is 1.89 bits per heavy atom. The first-order chi connectivity index (χ1) is 16.8. The molecular formula is C26H26Cl2N4O3. The van der Waals surface area contributed by atoms with Crippen LogP contribution in [0.15, 0.2) is 67.3 Å². The number of halogens is 2. The smallest absolute Gasteiger partial charge is 0.265 e. The predicted molar refractivity (Wildman–Crippen MR) is 138 cm³/mol.